The lowest BCUT2D eigenvalue weighted by molar-refractivity contribution is 0.615. The maximum Gasteiger partial charge on any atom is 0.333 e. The molecule has 0 amide bonds. The molecule has 6 nitrogen and oxygen atoms in total. The average molecular weight is 453 g/mol. The number of benzene rings is 1. The number of aryl methyl sites for hydroxylation is 3. The molecule has 0 N–H and O–H groups in total. The van der Waals surface area contributed by atoms with Gasteiger partial charge in [-0.3, -0.25) is 13.9 Å². The first kappa shape index (κ1) is 21.9. The van der Waals surface area contributed by atoms with Crippen molar-refractivity contribution in [3.8, 4) is 0 Å². The lowest BCUT2D eigenvalue weighted by Gasteiger charge is -2.18. The Balaban J connectivity index is 2.23. The van der Waals surface area contributed by atoms with Crippen LogP contribution in [0.3, 0.4) is 0 Å². The molecule has 1 aromatic carbocycles. The molecule has 0 bridgehead atoms. The molecule has 2 heterocycles. The summed E-state index contributed by atoms with van der Waals surface area (Å²) >= 11 is 12.1. The molecule has 29 heavy (non-hydrogen) atoms. The van der Waals surface area contributed by atoms with Crippen LogP contribution in [0.4, 0.5) is 0 Å². The van der Waals surface area contributed by atoms with E-state index in [2.05, 4.69) is 24.6 Å². The van der Waals surface area contributed by atoms with E-state index in [-0.39, 0.29) is 17.8 Å². The Hall–Kier alpha value is -1.83. The van der Waals surface area contributed by atoms with Gasteiger partial charge in [0.15, 0.2) is 11.2 Å². The third-order valence-corrected chi connectivity index (χ3v) is 7.52. The number of hydrogen-bond acceptors (Lipinski definition) is 3. The van der Waals surface area contributed by atoms with Crippen molar-refractivity contribution in [2.24, 2.45) is 7.05 Å². The zero-order valence-corrected chi connectivity index (χ0v) is 19.9. The summed E-state index contributed by atoms with van der Waals surface area (Å²) in [6, 6.07) is 6.06. The van der Waals surface area contributed by atoms with Gasteiger partial charge < -0.3 is 4.57 Å². The molecule has 0 aliphatic rings. The second-order valence-corrected chi connectivity index (χ2v) is 14.9. The van der Waals surface area contributed by atoms with Gasteiger partial charge in [0, 0.05) is 28.1 Å². The number of nitrogens with zero attached hydrogens (tertiary/aromatic N) is 4. The summed E-state index contributed by atoms with van der Waals surface area (Å²) in [4.78, 5) is 31.2. The number of hydrogen-bond donors (Lipinski definition) is 0. The molecule has 0 unspecified atom stereocenters. The molecule has 3 rings (SSSR count). The lowest BCUT2D eigenvalue weighted by Crippen LogP contribution is -2.41. The number of fused-ring (bicyclic) bond motifs is 1. The van der Waals surface area contributed by atoms with Crippen LogP contribution in [-0.4, -0.2) is 26.8 Å². The molecular weight excluding hydrogens is 427 g/mol. The summed E-state index contributed by atoms with van der Waals surface area (Å²) in [5.74, 6) is 0.783. The predicted octanol–water partition coefficient (Wildman–Crippen LogP) is 4.15. The highest BCUT2D eigenvalue weighted by Gasteiger charge is 2.21. The van der Waals surface area contributed by atoms with Crippen molar-refractivity contribution in [1.82, 2.24) is 18.7 Å². The fraction of sp³-hybridized carbons (Fsp3) is 0.450. The molecule has 0 saturated heterocycles. The van der Waals surface area contributed by atoms with Crippen molar-refractivity contribution in [2.45, 2.75) is 52.1 Å². The van der Waals surface area contributed by atoms with Crippen molar-refractivity contribution in [1.29, 1.82) is 0 Å². The van der Waals surface area contributed by atoms with Gasteiger partial charge >= 0.3 is 5.69 Å². The van der Waals surface area contributed by atoms with Crippen LogP contribution >= 0.6 is 23.2 Å². The molecule has 0 radical (unpaired) electrons. The third-order valence-electron chi connectivity index (χ3n) is 5.06. The molecule has 0 saturated carbocycles. The van der Waals surface area contributed by atoms with E-state index in [0.717, 1.165) is 17.4 Å². The Kier molecular flexibility index (Phi) is 6.13. The van der Waals surface area contributed by atoms with E-state index in [1.165, 1.54) is 4.57 Å². The van der Waals surface area contributed by atoms with E-state index in [0.29, 0.717) is 34.2 Å². The maximum absolute atomic E-state index is 13.3. The highest BCUT2D eigenvalue weighted by molar-refractivity contribution is 6.76. The summed E-state index contributed by atoms with van der Waals surface area (Å²) in [7, 11) is 0.428. The maximum atomic E-state index is 13.3. The van der Waals surface area contributed by atoms with Crippen molar-refractivity contribution >= 4 is 42.4 Å². The Bertz CT molecular complexity index is 1190. The molecular formula is C20H26Cl2N4O2Si. The minimum absolute atomic E-state index is 0.129. The Labute approximate surface area is 180 Å². The van der Waals surface area contributed by atoms with Gasteiger partial charge in [-0.25, -0.2) is 9.78 Å². The fourth-order valence-electron chi connectivity index (χ4n) is 3.33. The molecule has 9 heteroatoms. The first-order valence-electron chi connectivity index (χ1n) is 9.66. The molecule has 156 valence electrons. The van der Waals surface area contributed by atoms with Crippen LogP contribution in [0.25, 0.3) is 11.2 Å². The smallest absolute Gasteiger partial charge is 0.325 e. The van der Waals surface area contributed by atoms with Crippen LogP contribution in [-0.2, 0) is 26.6 Å². The van der Waals surface area contributed by atoms with Crippen LogP contribution in [0, 0.1) is 0 Å². The summed E-state index contributed by atoms with van der Waals surface area (Å²) in [6.07, 6.45) is 0.680. The number of rotatable bonds is 6. The van der Waals surface area contributed by atoms with Crippen LogP contribution in [0.5, 0.6) is 0 Å². The SMILES string of the molecule is CCc1nc2c(c(=O)n(Cc3ccc(Cl)c(Cl)c3)c(=O)n2CC[Si](C)(C)C)n1C. The monoisotopic (exact) mass is 452 g/mol. The van der Waals surface area contributed by atoms with Gasteiger partial charge in [0.2, 0.25) is 0 Å². The minimum atomic E-state index is -1.40. The number of aromatic nitrogens is 4. The van der Waals surface area contributed by atoms with Gasteiger partial charge in [-0.15, -0.1) is 0 Å². The Morgan fingerprint density at radius 1 is 1.07 bits per heavy atom. The van der Waals surface area contributed by atoms with Crippen molar-refractivity contribution in [2.75, 3.05) is 0 Å². The predicted molar refractivity (Wildman–Crippen MR) is 122 cm³/mol. The van der Waals surface area contributed by atoms with Gasteiger partial charge in [-0.05, 0) is 23.7 Å². The lowest BCUT2D eigenvalue weighted by atomic mass is 10.2. The van der Waals surface area contributed by atoms with Gasteiger partial charge in [-0.1, -0.05) is 55.8 Å². The average Bonchev–Trinajstić information content (AvgIpc) is 2.97. The van der Waals surface area contributed by atoms with E-state index in [1.807, 2.05) is 14.0 Å². The fourth-order valence-corrected chi connectivity index (χ4v) is 4.55. The minimum Gasteiger partial charge on any atom is -0.325 e. The zero-order chi connectivity index (χ0) is 21.5. The topological polar surface area (TPSA) is 61.8 Å². The van der Waals surface area contributed by atoms with E-state index in [1.54, 1.807) is 27.3 Å². The molecule has 0 atom stereocenters. The Morgan fingerprint density at radius 3 is 2.34 bits per heavy atom. The quantitative estimate of drug-likeness (QED) is 0.527. The second-order valence-electron chi connectivity index (χ2n) is 8.50. The molecule has 0 fully saturated rings. The molecule has 2 aromatic heterocycles. The summed E-state index contributed by atoms with van der Waals surface area (Å²) in [5.41, 5.74) is 0.996. The molecule has 3 aromatic rings. The van der Waals surface area contributed by atoms with Gasteiger partial charge in [0.05, 0.1) is 16.6 Å². The van der Waals surface area contributed by atoms with E-state index >= 15 is 0 Å². The van der Waals surface area contributed by atoms with Crippen molar-refractivity contribution in [3.05, 3.63) is 60.5 Å². The highest BCUT2D eigenvalue weighted by atomic mass is 35.5. The summed E-state index contributed by atoms with van der Waals surface area (Å²) in [6.45, 7) is 9.45. The van der Waals surface area contributed by atoms with Gasteiger partial charge in [0.25, 0.3) is 5.56 Å². The Morgan fingerprint density at radius 2 is 1.76 bits per heavy atom. The number of halogens is 2. The zero-order valence-electron chi connectivity index (χ0n) is 17.4. The first-order valence-corrected chi connectivity index (χ1v) is 14.1. The normalized spacial score (nSPS) is 12.1. The van der Waals surface area contributed by atoms with E-state index in [4.69, 9.17) is 23.2 Å². The van der Waals surface area contributed by atoms with E-state index in [9.17, 15) is 9.59 Å². The third kappa shape index (κ3) is 4.37. The summed E-state index contributed by atoms with van der Waals surface area (Å²) < 4.78 is 4.73. The van der Waals surface area contributed by atoms with Crippen LogP contribution in [0.2, 0.25) is 35.7 Å². The van der Waals surface area contributed by atoms with Gasteiger partial charge in [-0.2, -0.15) is 0 Å². The molecule has 0 spiro atoms. The van der Waals surface area contributed by atoms with Crippen LogP contribution in [0.15, 0.2) is 27.8 Å². The van der Waals surface area contributed by atoms with E-state index < -0.39 is 8.07 Å². The largest absolute Gasteiger partial charge is 0.333 e. The molecule has 0 aliphatic carbocycles. The van der Waals surface area contributed by atoms with Crippen LogP contribution < -0.4 is 11.2 Å². The number of imidazole rings is 1. The van der Waals surface area contributed by atoms with Crippen molar-refractivity contribution in [3.63, 3.8) is 0 Å². The van der Waals surface area contributed by atoms with Crippen molar-refractivity contribution < 1.29 is 0 Å². The second kappa shape index (κ2) is 8.12. The standard InChI is InChI=1S/C20H26Cl2N4O2Si/c1-6-16-23-18-17(24(16)2)19(27)26(12-13-7-8-14(21)15(22)11-13)20(28)25(18)9-10-29(3,4)5/h7-8,11H,6,9-10,12H2,1-5H3. The summed E-state index contributed by atoms with van der Waals surface area (Å²) in [5, 5.41) is 0.830. The van der Waals surface area contributed by atoms with Crippen LogP contribution in [0.1, 0.15) is 18.3 Å². The highest BCUT2D eigenvalue weighted by Crippen LogP contribution is 2.23. The van der Waals surface area contributed by atoms with Gasteiger partial charge in [0.1, 0.15) is 5.82 Å². The first-order chi connectivity index (χ1) is 13.5. The molecule has 0 aliphatic heterocycles.